The van der Waals surface area contributed by atoms with Crippen molar-refractivity contribution in [3.8, 4) is 0 Å². The average molecular weight is 179 g/mol. The van der Waals surface area contributed by atoms with Gasteiger partial charge in [0.25, 0.3) is 0 Å². The Morgan fingerprint density at radius 1 is 1.25 bits per heavy atom. The lowest BCUT2D eigenvalue weighted by Gasteiger charge is -2.21. The molecule has 2 unspecified atom stereocenters. The molecule has 1 nitrogen and oxygen atoms in total. The largest absolute Gasteiger partial charge is 0.392 e. The van der Waals surface area contributed by atoms with E-state index in [1.807, 2.05) is 0 Å². The van der Waals surface area contributed by atoms with Gasteiger partial charge in [-0.3, -0.25) is 0 Å². The molecule has 0 aromatic heterocycles. The summed E-state index contributed by atoms with van der Waals surface area (Å²) in [6.07, 6.45) is 4.51. The van der Waals surface area contributed by atoms with Gasteiger partial charge in [-0.2, -0.15) is 0 Å². The van der Waals surface area contributed by atoms with Crippen LogP contribution in [0.1, 0.15) is 25.7 Å². The fourth-order valence-electron chi connectivity index (χ4n) is 1.07. The maximum atomic E-state index is 9.13. The molecule has 0 heterocycles. The molecule has 8 heavy (non-hydrogen) atoms. The molecule has 1 fully saturated rings. The maximum Gasteiger partial charge on any atom is 0.0665 e. The number of aliphatic hydroxyl groups excluding tert-OH is 1. The summed E-state index contributed by atoms with van der Waals surface area (Å²) in [6.45, 7) is 0. The summed E-state index contributed by atoms with van der Waals surface area (Å²) in [6, 6.07) is 0. The molecule has 2 atom stereocenters. The topological polar surface area (TPSA) is 20.2 Å². The summed E-state index contributed by atoms with van der Waals surface area (Å²) in [5.74, 6) is 0. The molecule has 0 aliphatic heterocycles. The molecule has 0 aromatic rings. The molecule has 48 valence electrons. The van der Waals surface area contributed by atoms with Crippen molar-refractivity contribution in [3.63, 3.8) is 0 Å². The van der Waals surface area contributed by atoms with E-state index >= 15 is 0 Å². The quantitative estimate of drug-likeness (QED) is 0.561. The second-order valence-electron chi connectivity index (χ2n) is 2.37. The Kier molecular flexibility index (Phi) is 2.32. The number of halogens is 1. The Balaban J connectivity index is 2.28. The Morgan fingerprint density at radius 3 is 2.25 bits per heavy atom. The van der Waals surface area contributed by atoms with Gasteiger partial charge < -0.3 is 5.11 Å². The van der Waals surface area contributed by atoms with Gasteiger partial charge in [-0.25, -0.2) is 0 Å². The first-order valence-corrected chi connectivity index (χ1v) is 4.04. The summed E-state index contributed by atoms with van der Waals surface area (Å²) >= 11 is 3.40. The van der Waals surface area contributed by atoms with Gasteiger partial charge in [0, 0.05) is 4.83 Å². The molecule has 1 rings (SSSR count). The van der Waals surface area contributed by atoms with E-state index in [-0.39, 0.29) is 6.10 Å². The third-order valence-corrected chi connectivity index (χ3v) is 2.72. The van der Waals surface area contributed by atoms with Gasteiger partial charge in [0.05, 0.1) is 6.10 Å². The highest BCUT2D eigenvalue weighted by molar-refractivity contribution is 9.09. The molecular formula is C6H11BrO. The van der Waals surface area contributed by atoms with Gasteiger partial charge in [0.2, 0.25) is 0 Å². The minimum atomic E-state index is -0.0799. The monoisotopic (exact) mass is 178 g/mol. The molecule has 1 N–H and O–H groups in total. The van der Waals surface area contributed by atoms with Gasteiger partial charge in [-0.1, -0.05) is 28.8 Å². The van der Waals surface area contributed by atoms with Crippen LogP contribution in [0.5, 0.6) is 0 Å². The van der Waals surface area contributed by atoms with Crippen LogP contribution in [-0.2, 0) is 0 Å². The van der Waals surface area contributed by atoms with E-state index in [2.05, 4.69) is 15.9 Å². The fourth-order valence-corrected chi connectivity index (χ4v) is 1.65. The van der Waals surface area contributed by atoms with Crippen LogP contribution in [0.15, 0.2) is 0 Å². The first-order chi connectivity index (χ1) is 3.80. The lowest BCUT2D eigenvalue weighted by molar-refractivity contribution is 0.139. The van der Waals surface area contributed by atoms with Gasteiger partial charge >= 0.3 is 0 Å². The molecule has 0 amide bonds. The zero-order valence-corrected chi connectivity index (χ0v) is 6.39. The van der Waals surface area contributed by atoms with Crippen molar-refractivity contribution < 1.29 is 5.11 Å². The van der Waals surface area contributed by atoms with Gasteiger partial charge in [-0.15, -0.1) is 0 Å². The Morgan fingerprint density at radius 2 is 1.88 bits per heavy atom. The Bertz CT molecular complexity index is 64.9. The summed E-state index contributed by atoms with van der Waals surface area (Å²) in [7, 11) is 0. The number of alkyl halides is 1. The molecule has 1 saturated carbocycles. The first kappa shape index (κ1) is 6.56. The molecular weight excluding hydrogens is 168 g/mol. The minimum absolute atomic E-state index is 0.0799. The second kappa shape index (κ2) is 2.83. The van der Waals surface area contributed by atoms with Crippen molar-refractivity contribution >= 4 is 15.9 Å². The molecule has 0 spiro atoms. The molecule has 0 radical (unpaired) electrons. The van der Waals surface area contributed by atoms with E-state index in [1.54, 1.807) is 0 Å². The van der Waals surface area contributed by atoms with Gasteiger partial charge in [-0.05, 0) is 12.8 Å². The standard InChI is InChI=1S/C6H11BrO/c7-5-3-1-2-4-6(5)8/h5-6,8H,1-4H2. The van der Waals surface area contributed by atoms with E-state index in [0.29, 0.717) is 4.83 Å². The maximum absolute atomic E-state index is 9.13. The van der Waals surface area contributed by atoms with Crippen molar-refractivity contribution in [2.75, 3.05) is 0 Å². The van der Waals surface area contributed by atoms with E-state index in [9.17, 15) is 0 Å². The van der Waals surface area contributed by atoms with Crippen LogP contribution in [0.25, 0.3) is 0 Å². The molecule has 0 aromatic carbocycles. The normalized spacial score (nSPS) is 39.8. The summed E-state index contributed by atoms with van der Waals surface area (Å²) in [4.78, 5) is 0.372. The minimum Gasteiger partial charge on any atom is -0.392 e. The lowest BCUT2D eigenvalue weighted by Crippen LogP contribution is -2.23. The van der Waals surface area contributed by atoms with Crippen LogP contribution in [-0.4, -0.2) is 16.0 Å². The summed E-state index contributed by atoms with van der Waals surface area (Å²) < 4.78 is 0. The zero-order valence-electron chi connectivity index (χ0n) is 4.81. The predicted molar refractivity (Wildman–Crippen MR) is 37.2 cm³/mol. The van der Waals surface area contributed by atoms with Crippen LogP contribution in [0.2, 0.25) is 0 Å². The van der Waals surface area contributed by atoms with E-state index in [0.717, 1.165) is 12.8 Å². The number of aliphatic hydroxyl groups is 1. The molecule has 0 bridgehead atoms. The molecule has 0 saturated heterocycles. The number of hydrogen-bond acceptors (Lipinski definition) is 1. The molecule has 1 aliphatic rings. The van der Waals surface area contributed by atoms with Gasteiger partial charge in [0.1, 0.15) is 0 Å². The fraction of sp³-hybridized carbons (Fsp3) is 1.00. The van der Waals surface area contributed by atoms with Crippen molar-refractivity contribution in [1.82, 2.24) is 0 Å². The number of hydrogen-bond donors (Lipinski definition) is 1. The average Bonchev–Trinajstić information content (AvgIpc) is 1.77. The van der Waals surface area contributed by atoms with Crippen LogP contribution >= 0.6 is 15.9 Å². The molecule has 1 aliphatic carbocycles. The van der Waals surface area contributed by atoms with Crippen molar-refractivity contribution in [1.29, 1.82) is 0 Å². The summed E-state index contributed by atoms with van der Waals surface area (Å²) in [5, 5.41) is 9.13. The second-order valence-corrected chi connectivity index (χ2v) is 3.54. The van der Waals surface area contributed by atoms with E-state index < -0.39 is 0 Å². The van der Waals surface area contributed by atoms with Crippen molar-refractivity contribution in [2.24, 2.45) is 0 Å². The van der Waals surface area contributed by atoms with Crippen LogP contribution in [0.3, 0.4) is 0 Å². The Labute approximate surface area is 58.2 Å². The Hall–Kier alpha value is 0.440. The third kappa shape index (κ3) is 1.46. The highest BCUT2D eigenvalue weighted by Gasteiger charge is 2.19. The highest BCUT2D eigenvalue weighted by atomic mass is 79.9. The third-order valence-electron chi connectivity index (χ3n) is 1.65. The van der Waals surface area contributed by atoms with Crippen molar-refractivity contribution in [2.45, 2.75) is 36.6 Å². The van der Waals surface area contributed by atoms with E-state index in [4.69, 9.17) is 5.11 Å². The summed E-state index contributed by atoms with van der Waals surface area (Å²) in [5.41, 5.74) is 0. The van der Waals surface area contributed by atoms with Crippen LogP contribution in [0.4, 0.5) is 0 Å². The van der Waals surface area contributed by atoms with E-state index in [1.165, 1.54) is 12.8 Å². The van der Waals surface area contributed by atoms with Crippen LogP contribution in [0, 0.1) is 0 Å². The highest BCUT2D eigenvalue weighted by Crippen LogP contribution is 2.23. The molecule has 2 heteroatoms. The zero-order chi connectivity index (χ0) is 5.98. The predicted octanol–water partition coefficient (Wildman–Crippen LogP) is 1.68. The first-order valence-electron chi connectivity index (χ1n) is 3.13. The number of rotatable bonds is 0. The van der Waals surface area contributed by atoms with Crippen molar-refractivity contribution in [3.05, 3.63) is 0 Å². The smallest absolute Gasteiger partial charge is 0.0665 e. The van der Waals surface area contributed by atoms with Crippen LogP contribution < -0.4 is 0 Å². The SMILES string of the molecule is OC1CCCCC1Br. The lowest BCUT2D eigenvalue weighted by atomic mass is 9.98. The van der Waals surface area contributed by atoms with Gasteiger partial charge in [0.15, 0.2) is 0 Å².